The van der Waals surface area contributed by atoms with Crippen LogP contribution in [0.2, 0.25) is 0 Å². The van der Waals surface area contributed by atoms with Crippen LogP contribution in [0.3, 0.4) is 0 Å². The van der Waals surface area contributed by atoms with E-state index in [4.69, 9.17) is 4.74 Å². The molecule has 0 heterocycles. The predicted octanol–water partition coefficient (Wildman–Crippen LogP) is 4.46. The largest absolute Gasteiger partial charge is 0.462 e. The first kappa shape index (κ1) is 22.4. The third-order valence-electron chi connectivity index (χ3n) is 7.06. The van der Waals surface area contributed by atoms with Gasteiger partial charge in [-0.3, -0.25) is 4.79 Å². The Bertz CT molecular complexity index is 409. The Morgan fingerprint density at radius 2 is 1.20 bits per heavy atom. The number of rotatable bonds is 9. The first-order chi connectivity index (χ1) is 11.5. The minimum absolute atomic E-state index is 0.0464. The van der Waals surface area contributed by atoms with Crippen molar-refractivity contribution in [1.82, 2.24) is 0 Å². The van der Waals surface area contributed by atoms with E-state index in [1.807, 2.05) is 48.5 Å². The van der Waals surface area contributed by atoms with E-state index in [9.17, 15) is 15.0 Å². The van der Waals surface area contributed by atoms with Gasteiger partial charge in [0, 0.05) is 0 Å². The third kappa shape index (κ3) is 4.57. The molecule has 0 bridgehead atoms. The van der Waals surface area contributed by atoms with Crippen molar-refractivity contribution in [3.63, 3.8) is 0 Å². The molecule has 0 spiro atoms. The second-order valence-electron chi connectivity index (χ2n) is 8.57. The van der Waals surface area contributed by atoms with Crippen LogP contribution in [0, 0.1) is 17.3 Å². The Balaban J connectivity index is 3.08. The summed E-state index contributed by atoms with van der Waals surface area (Å²) >= 11 is 0. The molecule has 0 amide bonds. The first-order valence-electron chi connectivity index (χ1n) is 10.2. The van der Waals surface area contributed by atoms with Crippen LogP contribution in [0.25, 0.3) is 0 Å². The van der Waals surface area contributed by atoms with Crippen molar-refractivity contribution in [3.8, 4) is 0 Å². The Hall–Kier alpha value is -0.610. The Labute approximate surface area is 154 Å². The van der Waals surface area contributed by atoms with E-state index >= 15 is 0 Å². The Morgan fingerprint density at radius 1 is 0.840 bits per heavy atom. The zero-order valence-corrected chi connectivity index (χ0v) is 17.4. The SMILES string of the molecule is CCC(C)(C)C(=O)OC1CC(C(O)(CC)CC)C(C(O)(CC)CC)C1. The molecule has 1 aliphatic carbocycles. The zero-order valence-electron chi connectivity index (χ0n) is 17.4. The minimum Gasteiger partial charge on any atom is -0.462 e. The lowest BCUT2D eigenvalue weighted by Gasteiger charge is -2.42. The summed E-state index contributed by atoms with van der Waals surface area (Å²) in [5.41, 5.74) is -2.12. The van der Waals surface area contributed by atoms with Crippen molar-refractivity contribution in [1.29, 1.82) is 0 Å². The van der Waals surface area contributed by atoms with Crippen molar-refractivity contribution in [2.45, 2.75) is 111 Å². The van der Waals surface area contributed by atoms with Gasteiger partial charge in [-0.25, -0.2) is 0 Å². The molecular weight excluding hydrogens is 316 g/mol. The fourth-order valence-electron chi connectivity index (χ4n) is 4.28. The van der Waals surface area contributed by atoms with Gasteiger partial charge in [0.1, 0.15) is 6.10 Å². The normalized spacial score (nSPS) is 25.2. The predicted molar refractivity (Wildman–Crippen MR) is 101 cm³/mol. The van der Waals surface area contributed by atoms with E-state index in [-0.39, 0.29) is 23.9 Å². The lowest BCUT2D eigenvalue weighted by atomic mass is 9.69. The quantitative estimate of drug-likeness (QED) is 0.598. The molecule has 0 aromatic rings. The molecule has 2 unspecified atom stereocenters. The van der Waals surface area contributed by atoms with Crippen LogP contribution in [0.15, 0.2) is 0 Å². The highest BCUT2D eigenvalue weighted by Gasteiger charge is 2.53. The number of carbonyl (C=O) groups excluding carboxylic acids is 1. The molecule has 25 heavy (non-hydrogen) atoms. The molecule has 4 heteroatoms. The van der Waals surface area contributed by atoms with Gasteiger partial charge in [-0.1, -0.05) is 34.6 Å². The maximum Gasteiger partial charge on any atom is 0.311 e. The van der Waals surface area contributed by atoms with Crippen LogP contribution in [0.1, 0.15) is 93.4 Å². The number of ether oxygens (including phenoxy) is 1. The summed E-state index contributed by atoms with van der Waals surface area (Å²) in [7, 11) is 0. The van der Waals surface area contributed by atoms with E-state index in [0.717, 1.165) is 6.42 Å². The molecule has 2 atom stereocenters. The molecular formula is C21H40O4. The van der Waals surface area contributed by atoms with Crippen LogP contribution < -0.4 is 0 Å². The van der Waals surface area contributed by atoms with Gasteiger partial charge >= 0.3 is 5.97 Å². The summed E-state index contributed by atoms with van der Waals surface area (Å²) in [6.45, 7) is 13.8. The van der Waals surface area contributed by atoms with Crippen molar-refractivity contribution in [2.24, 2.45) is 17.3 Å². The molecule has 1 fully saturated rings. The second-order valence-corrected chi connectivity index (χ2v) is 8.57. The summed E-state index contributed by atoms with van der Waals surface area (Å²) < 4.78 is 5.83. The Kier molecular flexibility index (Phi) is 7.53. The molecule has 4 nitrogen and oxygen atoms in total. The van der Waals surface area contributed by atoms with Crippen LogP contribution in [0.4, 0.5) is 0 Å². The van der Waals surface area contributed by atoms with Gasteiger partial charge in [0.25, 0.3) is 0 Å². The van der Waals surface area contributed by atoms with Gasteiger partial charge in [0.2, 0.25) is 0 Å². The van der Waals surface area contributed by atoms with E-state index < -0.39 is 16.6 Å². The molecule has 0 aliphatic heterocycles. The highest BCUT2D eigenvalue weighted by atomic mass is 16.5. The van der Waals surface area contributed by atoms with Crippen molar-refractivity contribution >= 4 is 5.97 Å². The lowest BCUT2D eigenvalue weighted by Crippen LogP contribution is -2.47. The van der Waals surface area contributed by atoms with Crippen LogP contribution >= 0.6 is 0 Å². The molecule has 0 saturated heterocycles. The monoisotopic (exact) mass is 356 g/mol. The fourth-order valence-corrected chi connectivity index (χ4v) is 4.28. The lowest BCUT2D eigenvalue weighted by molar-refractivity contribution is -0.160. The van der Waals surface area contributed by atoms with Crippen LogP contribution in [-0.4, -0.2) is 33.5 Å². The van der Waals surface area contributed by atoms with Gasteiger partial charge in [-0.15, -0.1) is 0 Å². The molecule has 2 N–H and O–H groups in total. The molecule has 1 saturated carbocycles. The molecule has 0 radical (unpaired) electrons. The maximum atomic E-state index is 12.5. The smallest absolute Gasteiger partial charge is 0.311 e. The number of aliphatic hydroxyl groups is 2. The van der Waals surface area contributed by atoms with E-state index in [1.165, 1.54) is 0 Å². The maximum absolute atomic E-state index is 12.5. The van der Waals surface area contributed by atoms with E-state index in [0.29, 0.717) is 38.5 Å². The summed E-state index contributed by atoms with van der Waals surface area (Å²) in [5.74, 6) is -0.266. The number of esters is 1. The summed E-state index contributed by atoms with van der Waals surface area (Å²) in [4.78, 5) is 12.5. The van der Waals surface area contributed by atoms with Gasteiger partial charge in [-0.2, -0.15) is 0 Å². The van der Waals surface area contributed by atoms with E-state index in [2.05, 4.69) is 0 Å². The van der Waals surface area contributed by atoms with Gasteiger partial charge < -0.3 is 14.9 Å². The summed E-state index contributed by atoms with van der Waals surface area (Å²) in [6, 6.07) is 0. The number of hydrogen-bond donors (Lipinski definition) is 2. The third-order valence-corrected chi connectivity index (χ3v) is 7.06. The average molecular weight is 357 g/mol. The zero-order chi connectivity index (χ0) is 19.5. The van der Waals surface area contributed by atoms with Gasteiger partial charge in [0.15, 0.2) is 0 Å². The number of hydrogen-bond acceptors (Lipinski definition) is 4. The van der Waals surface area contributed by atoms with Crippen LogP contribution in [0.5, 0.6) is 0 Å². The van der Waals surface area contributed by atoms with Crippen molar-refractivity contribution < 1.29 is 19.7 Å². The first-order valence-corrected chi connectivity index (χ1v) is 10.2. The summed E-state index contributed by atoms with van der Waals surface area (Å²) in [6.07, 6.45) is 4.37. The highest BCUT2D eigenvalue weighted by molar-refractivity contribution is 5.76. The van der Waals surface area contributed by atoms with Crippen molar-refractivity contribution in [3.05, 3.63) is 0 Å². The van der Waals surface area contributed by atoms with Crippen LogP contribution in [-0.2, 0) is 9.53 Å². The Morgan fingerprint density at radius 3 is 1.48 bits per heavy atom. The highest BCUT2D eigenvalue weighted by Crippen LogP contribution is 2.50. The molecule has 0 aromatic carbocycles. The fraction of sp³-hybridized carbons (Fsp3) is 0.952. The van der Waals surface area contributed by atoms with E-state index in [1.54, 1.807) is 0 Å². The average Bonchev–Trinajstić information content (AvgIpc) is 3.05. The van der Waals surface area contributed by atoms with Crippen molar-refractivity contribution in [2.75, 3.05) is 0 Å². The minimum atomic E-state index is -0.815. The second kappa shape index (κ2) is 8.39. The topological polar surface area (TPSA) is 66.8 Å². The number of carbonyl (C=O) groups is 1. The van der Waals surface area contributed by atoms with Gasteiger partial charge in [0.05, 0.1) is 16.6 Å². The molecule has 148 valence electrons. The molecule has 1 aliphatic rings. The molecule has 0 aromatic heterocycles. The summed E-state index contributed by atoms with van der Waals surface area (Å²) in [5, 5.41) is 22.3. The van der Waals surface area contributed by atoms with Gasteiger partial charge in [-0.05, 0) is 70.6 Å². The molecule has 1 rings (SSSR count). The standard InChI is InChI=1S/C21H40O4/c1-8-19(6,7)18(22)25-15-13-16(20(23,9-2)10-3)17(14-15)21(24,11-4)12-5/h15-17,23-24H,8-14H2,1-7H3.